The summed E-state index contributed by atoms with van der Waals surface area (Å²) in [6.07, 6.45) is 3.00. The Labute approximate surface area is 124 Å². The third kappa shape index (κ3) is 3.32. The van der Waals surface area contributed by atoms with E-state index in [0.29, 0.717) is 25.3 Å². The summed E-state index contributed by atoms with van der Waals surface area (Å²) in [5.74, 6) is 0.571. The fourth-order valence-corrected chi connectivity index (χ4v) is 2.42. The highest BCUT2D eigenvalue weighted by Gasteiger charge is 2.37. The van der Waals surface area contributed by atoms with Crippen LogP contribution >= 0.6 is 0 Å². The van der Waals surface area contributed by atoms with Crippen molar-refractivity contribution in [3.8, 4) is 0 Å². The Hall–Kier alpha value is -1.69. The molecule has 0 saturated carbocycles. The Morgan fingerprint density at radius 1 is 1.43 bits per heavy atom. The maximum absolute atomic E-state index is 12.4. The van der Waals surface area contributed by atoms with E-state index in [-0.39, 0.29) is 11.1 Å². The second-order valence-electron chi connectivity index (χ2n) is 6.61. The van der Waals surface area contributed by atoms with Gasteiger partial charge in [0, 0.05) is 18.6 Å². The summed E-state index contributed by atoms with van der Waals surface area (Å²) in [5.41, 5.74) is -0.710. The molecule has 1 aromatic heterocycles. The minimum absolute atomic E-state index is 0.215. The van der Waals surface area contributed by atoms with Gasteiger partial charge in [0.15, 0.2) is 6.29 Å². The van der Waals surface area contributed by atoms with Gasteiger partial charge in [-0.25, -0.2) is 14.3 Å². The maximum Gasteiger partial charge on any atom is 0.420 e. The molecule has 0 bridgehead atoms. The number of carbonyl (C=O) groups excluding carboxylic acids is 2. The van der Waals surface area contributed by atoms with Gasteiger partial charge in [-0.1, -0.05) is 6.92 Å². The minimum Gasteiger partial charge on any atom is -0.443 e. The molecule has 1 fully saturated rings. The summed E-state index contributed by atoms with van der Waals surface area (Å²) in [5, 5.41) is 0. The highest BCUT2D eigenvalue weighted by molar-refractivity contribution is 5.82. The standard InChI is InChI=1S/C15H22N2O4/c1-14(2,3)21-13(19)17-11(10-18)9-16-12(17)15(4)5-7-20-8-6-15/h9-10H,5-8H2,1-4H3. The summed E-state index contributed by atoms with van der Waals surface area (Å²) in [6.45, 7) is 8.64. The number of hydrogen-bond acceptors (Lipinski definition) is 5. The van der Waals surface area contributed by atoms with Crippen LogP contribution in [-0.4, -0.2) is 40.7 Å². The maximum atomic E-state index is 12.4. The Bertz CT molecular complexity index is 536. The Balaban J connectivity index is 2.41. The van der Waals surface area contributed by atoms with Gasteiger partial charge in [-0.05, 0) is 33.6 Å². The summed E-state index contributed by atoms with van der Waals surface area (Å²) < 4.78 is 12.1. The van der Waals surface area contributed by atoms with E-state index in [1.165, 1.54) is 10.8 Å². The van der Waals surface area contributed by atoms with Crippen molar-refractivity contribution in [2.24, 2.45) is 0 Å². The monoisotopic (exact) mass is 294 g/mol. The van der Waals surface area contributed by atoms with E-state index in [2.05, 4.69) is 4.98 Å². The molecule has 116 valence electrons. The number of aromatic nitrogens is 2. The predicted molar refractivity (Wildman–Crippen MR) is 76.7 cm³/mol. The molecule has 2 heterocycles. The lowest BCUT2D eigenvalue weighted by Gasteiger charge is -2.33. The molecule has 0 N–H and O–H groups in total. The number of carbonyl (C=O) groups is 2. The molecule has 0 spiro atoms. The molecule has 21 heavy (non-hydrogen) atoms. The Morgan fingerprint density at radius 2 is 2.05 bits per heavy atom. The first-order valence-electron chi connectivity index (χ1n) is 7.11. The second kappa shape index (κ2) is 5.60. The van der Waals surface area contributed by atoms with Crippen LogP contribution in [0.2, 0.25) is 0 Å². The van der Waals surface area contributed by atoms with Crippen molar-refractivity contribution in [2.45, 2.75) is 51.6 Å². The van der Waals surface area contributed by atoms with E-state index >= 15 is 0 Å². The van der Waals surface area contributed by atoms with Gasteiger partial charge in [-0.3, -0.25) is 4.79 Å². The minimum atomic E-state index is -0.630. The van der Waals surface area contributed by atoms with Gasteiger partial charge in [-0.15, -0.1) is 0 Å². The van der Waals surface area contributed by atoms with E-state index in [4.69, 9.17) is 9.47 Å². The smallest absolute Gasteiger partial charge is 0.420 e. The zero-order chi connectivity index (χ0) is 15.7. The molecule has 0 radical (unpaired) electrons. The average molecular weight is 294 g/mol. The largest absolute Gasteiger partial charge is 0.443 e. The molecule has 1 aliphatic heterocycles. The van der Waals surface area contributed by atoms with Gasteiger partial charge in [0.25, 0.3) is 0 Å². The van der Waals surface area contributed by atoms with Crippen LogP contribution in [-0.2, 0) is 14.9 Å². The summed E-state index contributed by atoms with van der Waals surface area (Å²) >= 11 is 0. The summed E-state index contributed by atoms with van der Waals surface area (Å²) in [7, 11) is 0. The molecule has 0 atom stereocenters. The highest BCUT2D eigenvalue weighted by Crippen LogP contribution is 2.34. The number of rotatable bonds is 2. The summed E-state index contributed by atoms with van der Waals surface area (Å²) in [6, 6.07) is 0. The quantitative estimate of drug-likeness (QED) is 0.784. The third-order valence-electron chi connectivity index (χ3n) is 3.62. The normalized spacial score (nSPS) is 18.3. The lowest BCUT2D eigenvalue weighted by molar-refractivity contribution is 0.0424. The highest BCUT2D eigenvalue weighted by atomic mass is 16.6. The molecule has 6 heteroatoms. The number of imidazole rings is 1. The first-order valence-corrected chi connectivity index (χ1v) is 7.11. The van der Waals surface area contributed by atoms with E-state index < -0.39 is 11.7 Å². The second-order valence-corrected chi connectivity index (χ2v) is 6.61. The van der Waals surface area contributed by atoms with Gasteiger partial charge >= 0.3 is 6.09 Å². The van der Waals surface area contributed by atoms with Gasteiger partial charge in [-0.2, -0.15) is 0 Å². The number of hydrogen-bond donors (Lipinski definition) is 0. The Kier molecular flexibility index (Phi) is 4.18. The summed E-state index contributed by atoms with van der Waals surface area (Å²) in [4.78, 5) is 27.9. The van der Waals surface area contributed by atoms with Crippen LogP contribution < -0.4 is 0 Å². The average Bonchev–Trinajstić information content (AvgIpc) is 2.82. The van der Waals surface area contributed by atoms with Crippen LogP contribution in [0.25, 0.3) is 0 Å². The van der Waals surface area contributed by atoms with E-state index in [0.717, 1.165) is 12.8 Å². The molecule has 0 aliphatic carbocycles. The number of ether oxygens (including phenoxy) is 2. The molecule has 6 nitrogen and oxygen atoms in total. The molecular formula is C15H22N2O4. The molecule has 1 aromatic rings. The van der Waals surface area contributed by atoms with Crippen LogP contribution in [0, 0.1) is 0 Å². The molecule has 1 aliphatic rings. The van der Waals surface area contributed by atoms with Gasteiger partial charge < -0.3 is 9.47 Å². The van der Waals surface area contributed by atoms with Crippen molar-refractivity contribution in [3.05, 3.63) is 17.7 Å². The zero-order valence-corrected chi connectivity index (χ0v) is 13.0. The van der Waals surface area contributed by atoms with Crippen LogP contribution in [0.15, 0.2) is 6.20 Å². The lowest BCUT2D eigenvalue weighted by atomic mass is 9.81. The van der Waals surface area contributed by atoms with E-state index in [9.17, 15) is 9.59 Å². The van der Waals surface area contributed by atoms with Crippen LogP contribution in [0.1, 0.15) is 56.8 Å². The van der Waals surface area contributed by atoms with Crippen molar-refractivity contribution < 1.29 is 19.1 Å². The van der Waals surface area contributed by atoms with Gasteiger partial charge in [0.1, 0.15) is 17.1 Å². The van der Waals surface area contributed by atoms with Gasteiger partial charge in [0.2, 0.25) is 0 Å². The molecule has 0 unspecified atom stereocenters. The van der Waals surface area contributed by atoms with Crippen LogP contribution in [0.5, 0.6) is 0 Å². The Morgan fingerprint density at radius 3 is 2.57 bits per heavy atom. The van der Waals surface area contributed by atoms with Gasteiger partial charge in [0.05, 0.1) is 6.20 Å². The lowest BCUT2D eigenvalue weighted by Crippen LogP contribution is -2.37. The topological polar surface area (TPSA) is 70.4 Å². The molecule has 1 saturated heterocycles. The van der Waals surface area contributed by atoms with Crippen molar-refractivity contribution >= 4 is 12.4 Å². The number of nitrogens with zero attached hydrogens (tertiary/aromatic N) is 2. The number of aldehydes is 1. The van der Waals surface area contributed by atoms with Crippen LogP contribution in [0.3, 0.4) is 0 Å². The molecular weight excluding hydrogens is 272 g/mol. The molecule has 2 rings (SSSR count). The van der Waals surface area contributed by atoms with E-state index in [1.54, 1.807) is 20.8 Å². The fourth-order valence-electron chi connectivity index (χ4n) is 2.42. The molecule has 0 aromatic carbocycles. The van der Waals surface area contributed by atoms with Crippen molar-refractivity contribution in [2.75, 3.05) is 13.2 Å². The van der Waals surface area contributed by atoms with Crippen molar-refractivity contribution in [1.29, 1.82) is 0 Å². The molecule has 0 amide bonds. The van der Waals surface area contributed by atoms with E-state index in [1.807, 2.05) is 6.92 Å². The van der Waals surface area contributed by atoms with Crippen molar-refractivity contribution in [1.82, 2.24) is 9.55 Å². The fraction of sp³-hybridized carbons (Fsp3) is 0.667. The van der Waals surface area contributed by atoms with Crippen molar-refractivity contribution in [3.63, 3.8) is 0 Å². The predicted octanol–water partition coefficient (Wildman–Crippen LogP) is 2.55. The SMILES string of the molecule is CC(C)(C)OC(=O)n1c(C=O)cnc1C1(C)CCOCC1. The zero-order valence-electron chi connectivity index (χ0n) is 13.0. The first-order chi connectivity index (χ1) is 9.77. The van der Waals surface area contributed by atoms with Crippen LogP contribution in [0.4, 0.5) is 4.79 Å². The third-order valence-corrected chi connectivity index (χ3v) is 3.62. The first kappa shape index (κ1) is 15.7.